The van der Waals surface area contributed by atoms with Gasteiger partial charge in [0.25, 0.3) is 11.6 Å². The highest BCUT2D eigenvalue weighted by molar-refractivity contribution is 6.01. The van der Waals surface area contributed by atoms with Crippen molar-refractivity contribution < 1.29 is 19.4 Å². The van der Waals surface area contributed by atoms with Gasteiger partial charge in [-0.1, -0.05) is 0 Å². The molecule has 0 saturated heterocycles. The van der Waals surface area contributed by atoms with Crippen molar-refractivity contribution in [2.45, 2.75) is 13.8 Å². The fourth-order valence-electron chi connectivity index (χ4n) is 2.16. The van der Waals surface area contributed by atoms with Gasteiger partial charge in [0.1, 0.15) is 0 Å². The van der Waals surface area contributed by atoms with Gasteiger partial charge in [-0.05, 0) is 38.1 Å². The van der Waals surface area contributed by atoms with E-state index in [-0.39, 0.29) is 22.7 Å². The summed E-state index contributed by atoms with van der Waals surface area (Å²) in [4.78, 5) is 32.7. The summed E-state index contributed by atoms with van der Waals surface area (Å²) in [6, 6.07) is 9.40. The molecule has 0 atom stereocenters. The van der Waals surface area contributed by atoms with Gasteiger partial charge in [-0.2, -0.15) is 5.10 Å². The van der Waals surface area contributed by atoms with Gasteiger partial charge < -0.3 is 4.74 Å². The first-order valence-electron chi connectivity index (χ1n) is 7.84. The molecule has 0 radical (unpaired) electrons. The summed E-state index contributed by atoms with van der Waals surface area (Å²) in [7, 11) is 0. The van der Waals surface area contributed by atoms with Crippen LogP contribution in [0.5, 0.6) is 5.75 Å². The molecule has 10 heteroatoms. The third kappa shape index (κ3) is 4.84. The summed E-state index contributed by atoms with van der Waals surface area (Å²) < 4.78 is 5.22. The summed E-state index contributed by atoms with van der Waals surface area (Å²) in [6.45, 7) is 3.59. The minimum atomic E-state index is -0.567. The Morgan fingerprint density at radius 1 is 1.07 bits per heavy atom. The molecule has 0 unspecified atom stereocenters. The van der Waals surface area contributed by atoms with Gasteiger partial charge >= 0.3 is 5.69 Å². The lowest BCUT2D eigenvalue weighted by atomic mass is 10.1. The lowest BCUT2D eigenvalue weighted by molar-refractivity contribution is -0.385. The van der Waals surface area contributed by atoms with Crippen LogP contribution < -0.4 is 10.2 Å². The topological polar surface area (TPSA) is 137 Å². The van der Waals surface area contributed by atoms with Gasteiger partial charge in [0, 0.05) is 29.3 Å². The maximum atomic E-state index is 12.1. The van der Waals surface area contributed by atoms with E-state index in [1.807, 2.05) is 0 Å². The zero-order chi connectivity index (χ0) is 20.0. The van der Waals surface area contributed by atoms with E-state index in [0.717, 1.165) is 0 Å². The minimum absolute atomic E-state index is 0.132. The van der Waals surface area contributed by atoms with Crippen LogP contribution in [0.2, 0.25) is 0 Å². The van der Waals surface area contributed by atoms with Crippen LogP contribution in [0.3, 0.4) is 0 Å². The van der Waals surface area contributed by atoms with E-state index < -0.39 is 15.8 Å². The standard InChI is InChI=1S/C17H16N4O6/c1-3-27-16-9-6-13(10-15(16)21(25)26)11(2)18-19-17(22)12-4-7-14(8-5-12)20(23)24/h4-10H,3H2,1-2H3,(H,19,22)/b18-11+. The molecule has 0 aliphatic rings. The fraction of sp³-hybridized carbons (Fsp3) is 0.176. The van der Waals surface area contributed by atoms with Crippen LogP contribution >= 0.6 is 0 Å². The molecule has 1 amide bonds. The lowest BCUT2D eigenvalue weighted by Crippen LogP contribution is -2.19. The molecule has 0 aliphatic carbocycles. The molecule has 10 nitrogen and oxygen atoms in total. The van der Waals surface area contributed by atoms with Crippen LogP contribution in [-0.2, 0) is 0 Å². The second-order valence-corrected chi connectivity index (χ2v) is 5.31. The van der Waals surface area contributed by atoms with Crippen LogP contribution in [-0.4, -0.2) is 28.1 Å². The van der Waals surface area contributed by atoms with Crippen molar-refractivity contribution in [1.82, 2.24) is 5.43 Å². The monoisotopic (exact) mass is 372 g/mol. The zero-order valence-electron chi connectivity index (χ0n) is 14.5. The third-order valence-electron chi connectivity index (χ3n) is 3.54. The number of hydrogen-bond acceptors (Lipinski definition) is 7. The van der Waals surface area contributed by atoms with E-state index in [4.69, 9.17) is 4.74 Å². The predicted molar refractivity (Wildman–Crippen MR) is 97.0 cm³/mol. The van der Waals surface area contributed by atoms with Crippen LogP contribution in [0.1, 0.15) is 29.8 Å². The van der Waals surface area contributed by atoms with Crippen LogP contribution in [0.4, 0.5) is 11.4 Å². The second-order valence-electron chi connectivity index (χ2n) is 5.31. The van der Waals surface area contributed by atoms with Crippen molar-refractivity contribution >= 4 is 23.0 Å². The van der Waals surface area contributed by atoms with E-state index in [9.17, 15) is 25.0 Å². The molecular formula is C17H16N4O6. The summed E-state index contributed by atoms with van der Waals surface area (Å²) in [5.41, 5.74) is 2.95. The average molecular weight is 372 g/mol. The van der Waals surface area contributed by atoms with Gasteiger partial charge in [-0.15, -0.1) is 0 Å². The predicted octanol–water partition coefficient (Wildman–Crippen LogP) is 3.06. The second kappa shape index (κ2) is 8.52. The number of carbonyl (C=O) groups is 1. The smallest absolute Gasteiger partial charge is 0.311 e. The number of hydrogen-bond donors (Lipinski definition) is 1. The highest BCUT2D eigenvalue weighted by Gasteiger charge is 2.17. The Morgan fingerprint density at radius 3 is 2.26 bits per heavy atom. The lowest BCUT2D eigenvalue weighted by Gasteiger charge is -2.07. The van der Waals surface area contributed by atoms with Crippen LogP contribution in [0.15, 0.2) is 47.6 Å². The van der Waals surface area contributed by atoms with Crippen LogP contribution in [0, 0.1) is 20.2 Å². The van der Waals surface area contributed by atoms with Gasteiger partial charge in [0.2, 0.25) is 0 Å². The SMILES string of the molecule is CCOc1ccc(/C(C)=N/NC(=O)c2ccc([N+](=O)[O-])cc2)cc1[N+](=O)[O-]. The number of nitro groups is 2. The Labute approximate surface area is 153 Å². The Bertz CT molecular complexity index is 908. The third-order valence-corrected chi connectivity index (χ3v) is 3.54. The Balaban J connectivity index is 2.17. The van der Waals surface area contributed by atoms with E-state index in [2.05, 4.69) is 10.5 Å². The molecule has 0 bridgehead atoms. The van der Waals surface area contributed by atoms with E-state index >= 15 is 0 Å². The summed E-state index contributed by atoms with van der Waals surface area (Å²) in [5.74, 6) is -0.418. The van der Waals surface area contributed by atoms with Crippen LogP contribution in [0.25, 0.3) is 0 Å². The largest absolute Gasteiger partial charge is 0.487 e. The van der Waals surface area contributed by atoms with Crippen molar-refractivity contribution in [3.63, 3.8) is 0 Å². The number of nitrogens with one attached hydrogen (secondary N) is 1. The zero-order valence-corrected chi connectivity index (χ0v) is 14.5. The molecule has 140 valence electrons. The van der Waals surface area contributed by atoms with Crippen molar-refractivity contribution in [1.29, 1.82) is 0 Å². The first-order valence-corrected chi connectivity index (χ1v) is 7.84. The van der Waals surface area contributed by atoms with Crippen molar-refractivity contribution in [2.24, 2.45) is 5.10 Å². The van der Waals surface area contributed by atoms with Gasteiger partial charge in [-0.25, -0.2) is 5.43 Å². The maximum Gasteiger partial charge on any atom is 0.311 e. The van der Waals surface area contributed by atoms with E-state index in [1.54, 1.807) is 19.9 Å². The number of non-ortho nitro benzene ring substituents is 1. The number of ether oxygens (including phenoxy) is 1. The number of carbonyl (C=O) groups excluding carboxylic acids is 1. The van der Waals surface area contributed by atoms with Crippen molar-refractivity contribution in [3.05, 3.63) is 73.8 Å². The first kappa shape index (κ1) is 19.5. The Kier molecular flexibility index (Phi) is 6.15. The number of hydrazone groups is 1. The Morgan fingerprint density at radius 2 is 1.70 bits per heavy atom. The van der Waals surface area contributed by atoms with E-state index in [0.29, 0.717) is 17.9 Å². The number of rotatable bonds is 7. The number of benzene rings is 2. The number of amides is 1. The summed E-state index contributed by atoms with van der Waals surface area (Å²) >= 11 is 0. The average Bonchev–Trinajstić information content (AvgIpc) is 2.66. The molecule has 0 spiro atoms. The van der Waals surface area contributed by atoms with Gasteiger partial charge in [-0.3, -0.25) is 25.0 Å². The summed E-state index contributed by atoms with van der Waals surface area (Å²) in [5, 5.41) is 25.7. The molecule has 0 fully saturated rings. The highest BCUT2D eigenvalue weighted by Crippen LogP contribution is 2.28. The van der Waals surface area contributed by atoms with Crippen molar-refractivity contribution in [2.75, 3.05) is 6.61 Å². The van der Waals surface area contributed by atoms with E-state index in [1.165, 1.54) is 36.4 Å². The molecular weight excluding hydrogens is 356 g/mol. The van der Waals surface area contributed by atoms with Gasteiger partial charge in [0.15, 0.2) is 5.75 Å². The quantitative estimate of drug-likeness (QED) is 0.450. The molecule has 0 aromatic heterocycles. The van der Waals surface area contributed by atoms with Gasteiger partial charge in [0.05, 0.1) is 22.2 Å². The number of nitro benzene ring substituents is 2. The molecule has 2 aromatic carbocycles. The summed E-state index contributed by atoms with van der Waals surface area (Å²) in [6.07, 6.45) is 0. The maximum absolute atomic E-state index is 12.1. The minimum Gasteiger partial charge on any atom is -0.487 e. The Hall–Kier alpha value is -3.82. The first-order chi connectivity index (χ1) is 12.8. The molecule has 2 aromatic rings. The molecule has 1 N–H and O–H groups in total. The highest BCUT2D eigenvalue weighted by atomic mass is 16.6. The molecule has 0 aliphatic heterocycles. The molecule has 27 heavy (non-hydrogen) atoms. The fourth-order valence-corrected chi connectivity index (χ4v) is 2.16. The number of nitrogens with zero attached hydrogens (tertiary/aromatic N) is 3. The molecule has 0 heterocycles. The normalized spacial score (nSPS) is 11.0. The molecule has 0 saturated carbocycles. The van der Waals surface area contributed by atoms with Crippen molar-refractivity contribution in [3.8, 4) is 5.75 Å². The molecule has 2 rings (SSSR count).